The number of nitrogens with zero attached hydrogens (tertiary/aromatic N) is 1. The Morgan fingerprint density at radius 2 is 1.91 bits per heavy atom. The molecular formula is C25H31ClN2O4. The number of halogens is 1. The number of fused-ring (bicyclic) bond motifs is 1. The molecule has 0 fully saturated rings. The van der Waals surface area contributed by atoms with Crippen molar-refractivity contribution in [2.24, 2.45) is 0 Å². The van der Waals surface area contributed by atoms with E-state index in [-0.39, 0.29) is 25.0 Å². The summed E-state index contributed by atoms with van der Waals surface area (Å²) in [7, 11) is 0. The minimum Gasteiger partial charge on any atom is -0.454 e. The lowest BCUT2D eigenvalue weighted by Gasteiger charge is -2.31. The number of hydrogen-bond donors (Lipinski definition) is 1. The molecule has 0 saturated carbocycles. The van der Waals surface area contributed by atoms with E-state index in [0.29, 0.717) is 36.7 Å². The number of amides is 2. The van der Waals surface area contributed by atoms with Crippen molar-refractivity contribution in [1.29, 1.82) is 0 Å². The van der Waals surface area contributed by atoms with Gasteiger partial charge in [-0.2, -0.15) is 0 Å². The van der Waals surface area contributed by atoms with Gasteiger partial charge in [-0.25, -0.2) is 0 Å². The van der Waals surface area contributed by atoms with E-state index in [0.717, 1.165) is 29.7 Å². The van der Waals surface area contributed by atoms with Gasteiger partial charge < -0.3 is 19.7 Å². The molecule has 1 N–H and O–H groups in total. The Morgan fingerprint density at radius 3 is 2.66 bits per heavy atom. The van der Waals surface area contributed by atoms with E-state index in [9.17, 15) is 9.59 Å². The fourth-order valence-corrected chi connectivity index (χ4v) is 3.92. The predicted octanol–water partition coefficient (Wildman–Crippen LogP) is 4.73. The third-order valence-electron chi connectivity index (χ3n) is 5.58. The van der Waals surface area contributed by atoms with Crippen molar-refractivity contribution in [3.8, 4) is 11.5 Å². The lowest BCUT2D eigenvalue weighted by atomic mass is 10.1. The smallest absolute Gasteiger partial charge is 0.242 e. The van der Waals surface area contributed by atoms with Crippen LogP contribution < -0.4 is 14.8 Å². The van der Waals surface area contributed by atoms with Gasteiger partial charge in [-0.3, -0.25) is 9.59 Å². The van der Waals surface area contributed by atoms with Gasteiger partial charge in [0, 0.05) is 24.5 Å². The van der Waals surface area contributed by atoms with Gasteiger partial charge in [0.15, 0.2) is 11.5 Å². The van der Waals surface area contributed by atoms with E-state index in [1.54, 1.807) is 11.0 Å². The zero-order valence-electron chi connectivity index (χ0n) is 18.7. The van der Waals surface area contributed by atoms with Crippen molar-refractivity contribution in [3.05, 3.63) is 58.6 Å². The highest BCUT2D eigenvalue weighted by atomic mass is 35.5. The second-order valence-corrected chi connectivity index (χ2v) is 8.28. The monoisotopic (exact) mass is 458 g/mol. The van der Waals surface area contributed by atoms with Gasteiger partial charge in [0.25, 0.3) is 0 Å². The fraction of sp³-hybridized carbons (Fsp3) is 0.440. The highest BCUT2D eigenvalue weighted by Gasteiger charge is 2.28. The summed E-state index contributed by atoms with van der Waals surface area (Å²) in [5.74, 6) is 1.21. The number of ether oxygens (including phenoxy) is 2. The highest BCUT2D eigenvalue weighted by Crippen LogP contribution is 2.33. The number of rotatable bonds is 11. The van der Waals surface area contributed by atoms with Crippen molar-refractivity contribution in [2.45, 2.75) is 58.5 Å². The van der Waals surface area contributed by atoms with Crippen LogP contribution in [0.1, 0.15) is 50.7 Å². The van der Waals surface area contributed by atoms with E-state index in [4.69, 9.17) is 21.1 Å². The maximum absolute atomic E-state index is 13.3. The summed E-state index contributed by atoms with van der Waals surface area (Å²) < 4.78 is 10.8. The fourth-order valence-electron chi connectivity index (χ4n) is 3.73. The maximum Gasteiger partial charge on any atom is 0.242 e. The van der Waals surface area contributed by atoms with Gasteiger partial charge in [-0.1, -0.05) is 56.1 Å². The zero-order valence-corrected chi connectivity index (χ0v) is 19.5. The molecule has 32 heavy (non-hydrogen) atoms. The normalized spacial score (nSPS) is 13.0. The van der Waals surface area contributed by atoms with Crippen LogP contribution in [0.2, 0.25) is 5.02 Å². The van der Waals surface area contributed by atoms with Gasteiger partial charge in [0.2, 0.25) is 18.6 Å². The maximum atomic E-state index is 13.3. The van der Waals surface area contributed by atoms with Gasteiger partial charge in [-0.05, 0) is 48.6 Å². The molecule has 0 bridgehead atoms. The Labute approximate surface area is 194 Å². The van der Waals surface area contributed by atoms with E-state index in [1.165, 1.54) is 0 Å². The molecule has 1 aliphatic rings. The summed E-state index contributed by atoms with van der Waals surface area (Å²) in [6.45, 7) is 5.12. The van der Waals surface area contributed by atoms with Crippen LogP contribution in [0.4, 0.5) is 0 Å². The molecule has 0 spiro atoms. The number of carbonyl (C=O) groups is 2. The van der Waals surface area contributed by atoms with Gasteiger partial charge >= 0.3 is 0 Å². The van der Waals surface area contributed by atoms with E-state index < -0.39 is 6.04 Å². The third kappa shape index (κ3) is 6.16. The summed E-state index contributed by atoms with van der Waals surface area (Å²) in [6, 6.07) is 12.6. The summed E-state index contributed by atoms with van der Waals surface area (Å²) in [5, 5.41) is 3.56. The number of hydrogen-bond acceptors (Lipinski definition) is 4. The molecule has 1 heterocycles. The highest BCUT2D eigenvalue weighted by molar-refractivity contribution is 6.31. The van der Waals surface area contributed by atoms with Gasteiger partial charge in [-0.15, -0.1) is 0 Å². The number of aryl methyl sites for hydroxylation is 1. The van der Waals surface area contributed by atoms with Crippen molar-refractivity contribution in [3.63, 3.8) is 0 Å². The summed E-state index contributed by atoms with van der Waals surface area (Å²) in [5.41, 5.74) is 1.81. The van der Waals surface area contributed by atoms with Crippen LogP contribution in [0, 0.1) is 0 Å². The summed E-state index contributed by atoms with van der Waals surface area (Å²) in [4.78, 5) is 27.9. The molecule has 0 radical (unpaired) electrons. The number of benzene rings is 2. The Bertz CT molecular complexity index is 934. The zero-order chi connectivity index (χ0) is 22.9. The Balaban J connectivity index is 1.74. The molecule has 0 aromatic heterocycles. The van der Waals surface area contributed by atoms with Crippen molar-refractivity contribution >= 4 is 23.4 Å². The lowest BCUT2D eigenvalue weighted by Crippen LogP contribution is -2.49. The van der Waals surface area contributed by atoms with Crippen LogP contribution in [-0.2, 0) is 22.6 Å². The molecule has 2 amide bonds. The molecule has 1 unspecified atom stereocenters. The first-order valence-electron chi connectivity index (χ1n) is 11.2. The lowest BCUT2D eigenvalue weighted by molar-refractivity contribution is -0.141. The molecule has 1 atom stereocenters. The van der Waals surface area contributed by atoms with Crippen LogP contribution in [0.3, 0.4) is 0 Å². The molecule has 6 nitrogen and oxygen atoms in total. The number of carbonyl (C=O) groups excluding carboxylic acids is 2. The molecule has 172 valence electrons. The average molecular weight is 459 g/mol. The van der Waals surface area contributed by atoms with E-state index in [2.05, 4.69) is 12.2 Å². The first-order chi connectivity index (χ1) is 15.5. The average Bonchev–Trinajstić information content (AvgIpc) is 3.26. The summed E-state index contributed by atoms with van der Waals surface area (Å²) in [6.07, 6.45) is 3.25. The Hall–Kier alpha value is -2.73. The van der Waals surface area contributed by atoms with Crippen molar-refractivity contribution < 1.29 is 19.1 Å². The first kappa shape index (κ1) is 23.9. The number of unbranched alkanes of at least 4 members (excludes halogenated alkanes) is 1. The van der Waals surface area contributed by atoms with Gasteiger partial charge in [0.05, 0.1) is 0 Å². The Morgan fingerprint density at radius 1 is 1.12 bits per heavy atom. The second-order valence-electron chi connectivity index (χ2n) is 7.87. The molecule has 0 saturated heterocycles. The predicted molar refractivity (Wildman–Crippen MR) is 125 cm³/mol. The second kappa shape index (κ2) is 11.8. The molecule has 2 aromatic rings. The van der Waals surface area contributed by atoms with E-state index in [1.807, 2.05) is 43.3 Å². The SMILES string of the molecule is CCCCNC(=O)C(CC)N(Cc1ccccc1Cl)C(=O)CCc1ccc2c(c1)OCO2. The first-order valence-corrected chi connectivity index (χ1v) is 11.6. The van der Waals surface area contributed by atoms with Crippen LogP contribution in [0.25, 0.3) is 0 Å². The third-order valence-corrected chi connectivity index (χ3v) is 5.95. The quantitative estimate of drug-likeness (QED) is 0.494. The Kier molecular flexibility index (Phi) is 8.80. The molecule has 0 aliphatic carbocycles. The topological polar surface area (TPSA) is 67.9 Å². The van der Waals surface area contributed by atoms with Crippen molar-refractivity contribution in [1.82, 2.24) is 10.2 Å². The van der Waals surface area contributed by atoms with E-state index >= 15 is 0 Å². The van der Waals surface area contributed by atoms with Crippen LogP contribution in [0.15, 0.2) is 42.5 Å². The molecular weight excluding hydrogens is 428 g/mol. The number of nitrogens with one attached hydrogen (secondary N) is 1. The van der Waals surface area contributed by atoms with Crippen LogP contribution in [-0.4, -0.2) is 36.1 Å². The minimum atomic E-state index is -0.549. The standard InChI is InChI=1S/C25H31ClN2O4/c1-3-5-14-27-25(30)21(4-2)28(16-19-8-6-7-9-20(19)26)24(29)13-11-18-10-12-22-23(15-18)32-17-31-22/h6-10,12,15,21H,3-5,11,13-14,16-17H2,1-2H3,(H,27,30). The minimum absolute atomic E-state index is 0.0833. The molecule has 2 aromatic carbocycles. The van der Waals surface area contributed by atoms with Crippen LogP contribution in [0.5, 0.6) is 11.5 Å². The largest absolute Gasteiger partial charge is 0.454 e. The van der Waals surface area contributed by atoms with Crippen molar-refractivity contribution in [2.75, 3.05) is 13.3 Å². The molecule has 1 aliphatic heterocycles. The summed E-state index contributed by atoms with van der Waals surface area (Å²) >= 11 is 6.37. The van der Waals surface area contributed by atoms with Crippen LogP contribution >= 0.6 is 11.6 Å². The molecule has 3 rings (SSSR count). The molecule has 7 heteroatoms. The van der Waals surface area contributed by atoms with Gasteiger partial charge in [0.1, 0.15) is 6.04 Å².